The Morgan fingerprint density at radius 1 is 1.08 bits per heavy atom. The van der Waals surface area contributed by atoms with Crippen molar-refractivity contribution in [3.63, 3.8) is 0 Å². The summed E-state index contributed by atoms with van der Waals surface area (Å²) in [6.07, 6.45) is 5.67. The van der Waals surface area contributed by atoms with E-state index in [1.54, 1.807) is 0 Å². The molecule has 0 saturated carbocycles. The van der Waals surface area contributed by atoms with Gasteiger partial charge in [0.1, 0.15) is 0 Å². The molecule has 1 aromatic rings. The summed E-state index contributed by atoms with van der Waals surface area (Å²) in [5.41, 5.74) is 2.67. The summed E-state index contributed by atoms with van der Waals surface area (Å²) in [7, 11) is 0. The highest BCUT2D eigenvalue weighted by molar-refractivity contribution is 5.48. The van der Waals surface area contributed by atoms with Gasteiger partial charge in [-0.1, -0.05) is 29.8 Å². The van der Waals surface area contributed by atoms with E-state index in [0.717, 1.165) is 13.1 Å². The van der Waals surface area contributed by atoms with Crippen molar-refractivity contribution in [2.45, 2.75) is 13.3 Å². The molecule has 1 nitrogen and oxygen atoms in total. The van der Waals surface area contributed by atoms with Crippen LogP contribution in [0.15, 0.2) is 36.4 Å². The Bertz CT molecular complexity index is 297. The third kappa shape index (κ3) is 1.92. The average Bonchev–Trinajstić information content (AvgIpc) is 2.20. The first kappa shape index (κ1) is 8.36. The zero-order chi connectivity index (χ0) is 9.10. The molecular weight excluding hydrogens is 158 g/mol. The van der Waals surface area contributed by atoms with Crippen molar-refractivity contribution in [1.29, 1.82) is 0 Å². The summed E-state index contributed by atoms with van der Waals surface area (Å²) in [4.78, 5) is 2.40. The minimum atomic E-state index is 1.06. The lowest BCUT2D eigenvalue weighted by Gasteiger charge is -2.25. The highest BCUT2D eigenvalue weighted by Crippen LogP contribution is 2.17. The first-order valence-corrected chi connectivity index (χ1v) is 4.83. The van der Waals surface area contributed by atoms with Crippen molar-refractivity contribution in [2.75, 3.05) is 18.0 Å². The summed E-state index contributed by atoms with van der Waals surface area (Å²) in [6.45, 7) is 4.34. The Hall–Kier alpha value is -1.24. The molecule has 0 aliphatic carbocycles. The number of rotatable bonds is 1. The van der Waals surface area contributed by atoms with Crippen LogP contribution in [0, 0.1) is 6.92 Å². The maximum absolute atomic E-state index is 2.40. The quantitative estimate of drug-likeness (QED) is 0.590. The van der Waals surface area contributed by atoms with Crippen LogP contribution in [0.2, 0.25) is 0 Å². The van der Waals surface area contributed by atoms with Crippen LogP contribution < -0.4 is 4.90 Å². The van der Waals surface area contributed by atoms with Crippen LogP contribution in [0.3, 0.4) is 0 Å². The van der Waals surface area contributed by atoms with Gasteiger partial charge in [-0.05, 0) is 25.5 Å². The van der Waals surface area contributed by atoms with Crippen molar-refractivity contribution in [3.8, 4) is 0 Å². The van der Waals surface area contributed by atoms with E-state index < -0.39 is 0 Å². The Morgan fingerprint density at radius 2 is 1.85 bits per heavy atom. The van der Waals surface area contributed by atoms with Crippen molar-refractivity contribution in [3.05, 3.63) is 42.0 Å². The lowest BCUT2D eigenvalue weighted by molar-refractivity contribution is 0.821. The summed E-state index contributed by atoms with van der Waals surface area (Å²) in [6, 6.07) is 8.75. The van der Waals surface area contributed by atoms with E-state index in [1.807, 2.05) is 0 Å². The molecule has 0 N–H and O–H groups in total. The van der Waals surface area contributed by atoms with Gasteiger partial charge in [0.15, 0.2) is 0 Å². The standard InChI is InChI=1S/C12H15N/c1-11-5-7-12(8-6-11)13-9-3-2-4-10-13/h2-3,5-8H,4,9-10H2,1H3. The number of hydrogen-bond donors (Lipinski definition) is 0. The zero-order valence-electron chi connectivity index (χ0n) is 8.03. The fourth-order valence-electron chi connectivity index (χ4n) is 1.63. The van der Waals surface area contributed by atoms with Crippen LogP contribution >= 0.6 is 0 Å². The molecule has 0 atom stereocenters. The molecule has 0 fully saturated rings. The summed E-state index contributed by atoms with van der Waals surface area (Å²) < 4.78 is 0. The first-order valence-electron chi connectivity index (χ1n) is 4.83. The number of hydrogen-bond acceptors (Lipinski definition) is 1. The van der Waals surface area contributed by atoms with Crippen molar-refractivity contribution < 1.29 is 0 Å². The van der Waals surface area contributed by atoms with Gasteiger partial charge in [0.2, 0.25) is 0 Å². The largest absolute Gasteiger partial charge is 0.368 e. The van der Waals surface area contributed by atoms with Gasteiger partial charge in [0.25, 0.3) is 0 Å². The first-order chi connectivity index (χ1) is 6.36. The van der Waals surface area contributed by atoms with Crippen molar-refractivity contribution in [2.24, 2.45) is 0 Å². The number of anilines is 1. The molecule has 1 aliphatic rings. The SMILES string of the molecule is Cc1ccc(N2CC=CCC2)cc1. The highest BCUT2D eigenvalue weighted by atomic mass is 15.1. The third-order valence-electron chi connectivity index (χ3n) is 2.46. The average molecular weight is 173 g/mol. The highest BCUT2D eigenvalue weighted by Gasteiger charge is 2.05. The molecule has 1 aliphatic heterocycles. The Kier molecular flexibility index (Phi) is 2.35. The van der Waals surface area contributed by atoms with Crippen LogP contribution in [0.4, 0.5) is 5.69 Å². The third-order valence-corrected chi connectivity index (χ3v) is 2.46. The lowest BCUT2D eigenvalue weighted by Crippen LogP contribution is -2.26. The molecule has 68 valence electrons. The fraction of sp³-hybridized carbons (Fsp3) is 0.333. The second-order valence-electron chi connectivity index (χ2n) is 3.54. The number of benzene rings is 1. The Morgan fingerprint density at radius 3 is 2.46 bits per heavy atom. The van der Waals surface area contributed by atoms with E-state index in [0.29, 0.717) is 0 Å². The van der Waals surface area contributed by atoms with Gasteiger partial charge in [-0.25, -0.2) is 0 Å². The minimum Gasteiger partial charge on any atom is -0.368 e. The molecule has 2 rings (SSSR count). The second-order valence-corrected chi connectivity index (χ2v) is 3.54. The molecule has 0 aromatic heterocycles. The van der Waals surface area contributed by atoms with E-state index in [1.165, 1.54) is 17.7 Å². The normalized spacial score (nSPS) is 16.2. The smallest absolute Gasteiger partial charge is 0.0369 e. The second kappa shape index (κ2) is 3.65. The lowest BCUT2D eigenvalue weighted by atomic mass is 10.2. The zero-order valence-corrected chi connectivity index (χ0v) is 8.03. The van der Waals surface area contributed by atoms with E-state index in [2.05, 4.69) is 48.2 Å². The molecule has 0 spiro atoms. The maximum Gasteiger partial charge on any atom is 0.0369 e. The summed E-state index contributed by atoms with van der Waals surface area (Å²) >= 11 is 0. The molecule has 0 unspecified atom stereocenters. The van der Waals surface area contributed by atoms with Crippen LogP contribution in [0.5, 0.6) is 0 Å². The van der Waals surface area contributed by atoms with Crippen LogP contribution in [0.1, 0.15) is 12.0 Å². The monoisotopic (exact) mass is 173 g/mol. The van der Waals surface area contributed by atoms with E-state index in [4.69, 9.17) is 0 Å². The molecule has 0 bridgehead atoms. The Labute approximate surface area is 79.7 Å². The summed E-state index contributed by atoms with van der Waals surface area (Å²) in [5, 5.41) is 0. The molecule has 0 amide bonds. The molecule has 1 heterocycles. The van der Waals surface area contributed by atoms with Gasteiger partial charge >= 0.3 is 0 Å². The number of aryl methyl sites for hydroxylation is 1. The molecule has 0 saturated heterocycles. The fourth-order valence-corrected chi connectivity index (χ4v) is 1.63. The summed E-state index contributed by atoms with van der Waals surface area (Å²) in [5.74, 6) is 0. The predicted molar refractivity (Wildman–Crippen MR) is 57.1 cm³/mol. The predicted octanol–water partition coefficient (Wildman–Crippen LogP) is 2.76. The van der Waals surface area contributed by atoms with Crippen LogP contribution in [0.25, 0.3) is 0 Å². The molecule has 1 heteroatoms. The molecule has 1 aromatic carbocycles. The van der Waals surface area contributed by atoms with Gasteiger partial charge in [-0.2, -0.15) is 0 Å². The number of nitrogens with zero attached hydrogens (tertiary/aromatic N) is 1. The van der Waals surface area contributed by atoms with E-state index >= 15 is 0 Å². The van der Waals surface area contributed by atoms with Gasteiger partial charge in [0, 0.05) is 18.8 Å². The Balaban J connectivity index is 2.15. The van der Waals surface area contributed by atoms with E-state index in [9.17, 15) is 0 Å². The minimum absolute atomic E-state index is 1.06. The molecule has 0 radical (unpaired) electrons. The van der Waals surface area contributed by atoms with E-state index in [-0.39, 0.29) is 0 Å². The van der Waals surface area contributed by atoms with Crippen LogP contribution in [-0.2, 0) is 0 Å². The molecular formula is C12H15N. The van der Waals surface area contributed by atoms with Crippen molar-refractivity contribution >= 4 is 5.69 Å². The molecule has 13 heavy (non-hydrogen) atoms. The van der Waals surface area contributed by atoms with Gasteiger partial charge in [0.05, 0.1) is 0 Å². The van der Waals surface area contributed by atoms with Gasteiger partial charge in [-0.15, -0.1) is 0 Å². The van der Waals surface area contributed by atoms with Crippen LogP contribution in [-0.4, -0.2) is 13.1 Å². The van der Waals surface area contributed by atoms with Gasteiger partial charge in [-0.3, -0.25) is 0 Å². The maximum atomic E-state index is 2.40. The topological polar surface area (TPSA) is 3.24 Å². The van der Waals surface area contributed by atoms with Gasteiger partial charge < -0.3 is 4.90 Å². The van der Waals surface area contributed by atoms with Crippen molar-refractivity contribution in [1.82, 2.24) is 0 Å².